The number of piperidine rings is 1. The van der Waals surface area contributed by atoms with Gasteiger partial charge in [-0.3, -0.25) is 9.59 Å². The van der Waals surface area contributed by atoms with E-state index in [0.717, 1.165) is 71.3 Å². The predicted octanol–water partition coefficient (Wildman–Crippen LogP) is 1.81. The van der Waals surface area contributed by atoms with E-state index in [2.05, 4.69) is 0 Å². The summed E-state index contributed by atoms with van der Waals surface area (Å²) in [6, 6.07) is 0. The van der Waals surface area contributed by atoms with E-state index in [1.54, 1.807) is 0 Å². The predicted molar refractivity (Wildman–Crippen MR) is 85.8 cm³/mol. The number of likely N-dealkylation sites (tertiary alicyclic amines) is 2. The zero-order chi connectivity index (χ0) is 15.9. The van der Waals surface area contributed by atoms with Crippen LogP contribution < -0.4 is 0 Å². The van der Waals surface area contributed by atoms with Crippen LogP contribution in [0.4, 0.5) is 0 Å². The summed E-state index contributed by atoms with van der Waals surface area (Å²) in [7, 11) is 0. The molecule has 3 saturated heterocycles. The molecular formula is C18H28N2O3. The quantitative estimate of drug-likeness (QED) is 0.794. The molecule has 128 valence electrons. The molecule has 3 heterocycles. The Morgan fingerprint density at radius 2 is 2.00 bits per heavy atom. The molecule has 0 aromatic rings. The second-order valence-electron chi connectivity index (χ2n) is 8.09. The Hall–Kier alpha value is -1.10. The fourth-order valence-corrected chi connectivity index (χ4v) is 4.20. The van der Waals surface area contributed by atoms with Gasteiger partial charge in [0.15, 0.2) is 0 Å². The van der Waals surface area contributed by atoms with Crippen LogP contribution in [0, 0.1) is 11.8 Å². The number of carbonyl (C=O) groups excluding carboxylic acids is 2. The number of nitrogens with zero attached hydrogens (tertiary/aromatic N) is 2. The number of carbonyl (C=O) groups is 2. The summed E-state index contributed by atoms with van der Waals surface area (Å²) < 4.78 is 6.16. The molecule has 1 atom stereocenters. The van der Waals surface area contributed by atoms with E-state index in [1.807, 2.05) is 9.80 Å². The lowest BCUT2D eigenvalue weighted by Gasteiger charge is -2.53. The van der Waals surface area contributed by atoms with Crippen molar-refractivity contribution in [2.75, 3.05) is 32.8 Å². The summed E-state index contributed by atoms with van der Waals surface area (Å²) in [5, 5.41) is 0. The molecular weight excluding hydrogens is 292 g/mol. The smallest absolute Gasteiger partial charge is 0.223 e. The third-order valence-corrected chi connectivity index (χ3v) is 6.00. The van der Waals surface area contributed by atoms with Gasteiger partial charge >= 0.3 is 0 Å². The standard InChI is InChI=1S/C18H28N2O3/c21-16-3-1-2-8-19(16)10-15-6-7-18(23-11-15)12-20(13-18)17(22)9-14-4-5-14/h14-15H,1-13H2/t15-/m0/s1. The highest BCUT2D eigenvalue weighted by Crippen LogP contribution is 2.39. The van der Waals surface area contributed by atoms with Crippen molar-refractivity contribution >= 4 is 11.8 Å². The molecule has 1 spiro atoms. The van der Waals surface area contributed by atoms with Crippen LogP contribution in [0.2, 0.25) is 0 Å². The minimum absolute atomic E-state index is 0.0678. The van der Waals surface area contributed by atoms with Gasteiger partial charge in [0.05, 0.1) is 19.7 Å². The summed E-state index contributed by atoms with van der Waals surface area (Å²) in [6.45, 7) is 4.10. The van der Waals surface area contributed by atoms with Crippen molar-refractivity contribution in [3.05, 3.63) is 0 Å². The monoisotopic (exact) mass is 320 g/mol. The highest BCUT2D eigenvalue weighted by Gasteiger charge is 2.49. The van der Waals surface area contributed by atoms with E-state index in [1.165, 1.54) is 12.8 Å². The molecule has 0 radical (unpaired) electrons. The molecule has 5 nitrogen and oxygen atoms in total. The number of hydrogen-bond acceptors (Lipinski definition) is 3. The SMILES string of the molecule is O=C1CCCCN1C[C@@H]1CCC2(CN(C(=O)CC3CC3)C2)OC1. The van der Waals surface area contributed by atoms with Gasteiger partial charge in [0.25, 0.3) is 0 Å². The average molecular weight is 320 g/mol. The minimum atomic E-state index is -0.0678. The van der Waals surface area contributed by atoms with E-state index in [9.17, 15) is 9.59 Å². The first-order valence-corrected chi connectivity index (χ1v) is 9.33. The normalized spacial score (nSPS) is 30.4. The second-order valence-corrected chi connectivity index (χ2v) is 8.09. The van der Waals surface area contributed by atoms with Crippen molar-refractivity contribution in [2.45, 2.75) is 57.0 Å². The Bertz CT molecular complexity index is 473. The second kappa shape index (κ2) is 6.08. The lowest BCUT2D eigenvalue weighted by Crippen LogP contribution is -2.66. The molecule has 2 amide bonds. The van der Waals surface area contributed by atoms with Crippen LogP contribution in [0.1, 0.15) is 51.4 Å². The average Bonchev–Trinajstić information content (AvgIpc) is 3.32. The van der Waals surface area contributed by atoms with Gasteiger partial charge in [0, 0.05) is 31.8 Å². The third-order valence-electron chi connectivity index (χ3n) is 6.00. The van der Waals surface area contributed by atoms with E-state index in [0.29, 0.717) is 23.7 Å². The Balaban J connectivity index is 1.20. The molecule has 23 heavy (non-hydrogen) atoms. The maximum atomic E-state index is 12.1. The first kappa shape index (κ1) is 15.4. The maximum Gasteiger partial charge on any atom is 0.223 e. The Kier molecular flexibility index (Phi) is 4.08. The molecule has 5 heteroatoms. The molecule has 0 aromatic heterocycles. The van der Waals surface area contributed by atoms with Crippen molar-refractivity contribution < 1.29 is 14.3 Å². The van der Waals surface area contributed by atoms with Crippen molar-refractivity contribution in [3.63, 3.8) is 0 Å². The molecule has 1 saturated carbocycles. The maximum absolute atomic E-state index is 12.1. The van der Waals surface area contributed by atoms with Crippen LogP contribution in [0.5, 0.6) is 0 Å². The van der Waals surface area contributed by atoms with Crippen molar-refractivity contribution in [1.82, 2.24) is 9.80 Å². The van der Waals surface area contributed by atoms with Crippen molar-refractivity contribution in [3.8, 4) is 0 Å². The Labute approximate surface area is 138 Å². The van der Waals surface area contributed by atoms with E-state index in [-0.39, 0.29) is 5.60 Å². The lowest BCUT2D eigenvalue weighted by molar-refractivity contribution is -0.190. The van der Waals surface area contributed by atoms with Gasteiger partial charge in [-0.1, -0.05) is 0 Å². The molecule has 1 aliphatic carbocycles. The first-order valence-electron chi connectivity index (χ1n) is 9.33. The molecule has 0 unspecified atom stereocenters. The molecule has 4 rings (SSSR count). The van der Waals surface area contributed by atoms with Gasteiger partial charge in [-0.2, -0.15) is 0 Å². The largest absolute Gasteiger partial charge is 0.371 e. The van der Waals surface area contributed by atoms with E-state index < -0.39 is 0 Å². The molecule has 4 aliphatic rings. The van der Waals surface area contributed by atoms with Crippen LogP contribution in [0.3, 0.4) is 0 Å². The lowest BCUT2D eigenvalue weighted by atomic mass is 9.82. The van der Waals surface area contributed by atoms with Crippen molar-refractivity contribution in [1.29, 1.82) is 0 Å². The van der Waals surface area contributed by atoms with Crippen LogP contribution in [-0.2, 0) is 14.3 Å². The zero-order valence-electron chi connectivity index (χ0n) is 14.0. The minimum Gasteiger partial charge on any atom is -0.371 e. The first-order chi connectivity index (χ1) is 11.1. The van der Waals surface area contributed by atoms with Crippen LogP contribution in [0.15, 0.2) is 0 Å². The molecule has 4 fully saturated rings. The highest BCUT2D eigenvalue weighted by atomic mass is 16.5. The number of hydrogen-bond donors (Lipinski definition) is 0. The van der Waals surface area contributed by atoms with Gasteiger partial charge < -0.3 is 14.5 Å². The fourth-order valence-electron chi connectivity index (χ4n) is 4.20. The summed E-state index contributed by atoms with van der Waals surface area (Å²) in [5.41, 5.74) is -0.0678. The summed E-state index contributed by atoms with van der Waals surface area (Å²) in [4.78, 5) is 28.0. The van der Waals surface area contributed by atoms with E-state index >= 15 is 0 Å². The summed E-state index contributed by atoms with van der Waals surface area (Å²) >= 11 is 0. The molecule has 3 aliphatic heterocycles. The van der Waals surface area contributed by atoms with Crippen LogP contribution in [-0.4, -0.2) is 60.0 Å². The summed E-state index contributed by atoms with van der Waals surface area (Å²) in [6.07, 6.45) is 8.27. The Morgan fingerprint density at radius 3 is 2.65 bits per heavy atom. The number of amides is 2. The van der Waals surface area contributed by atoms with Crippen LogP contribution in [0.25, 0.3) is 0 Å². The van der Waals surface area contributed by atoms with Crippen LogP contribution >= 0.6 is 0 Å². The fraction of sp³-hybridized carbons (Fsp3) is 0.889. The van der Waals surface area contributed by atoms with Gasteiger partial charge in [0.1, 0.15) is 5.60 Å². The van der Waals surface area contributed by atoms with Gasteiger partial charge in [-0.25, -0.2) is 0 Å². The zero-order valence-corrected chi connectivity index (χ0v) is 14.0. The van der Waals surface area contributed by atoms with E-state index in [4.69, 9.17) is 4.74 Å². The molecule has 0 N–H and O–H groups in total. The van der Waals surface area contributed by atoms with Gasteiger partial charge in [0.2, 0.25) is 11.8 Å². The number of rotatable bonds is 4. The highest BCUT2D eigenvalue weighted by molar-refractivity contribution is 5.78. The Morgan fingerprint density at radius 1 is 1.17 bits per heavy atom. The van der Waals surface area contributed by atoms with Crippen molar-refractivity contribution in [2.24, 2.45) is 11.8 Å². The number of ether oxygens (including phenoxy) is 1. The van der Waals surface area contributed by atoms with Gasteiger partial charge in [-0.15, -0.1) is 0 Å². The topological polar surface area (TPSA) is 49.9 Å². The summed E-state index contributed by atoms with van der Waals surface area (Å²) in [5.74, 6) is 1.77. The van der Waals surface area contributed by atoms with Gasteiger partial charge in [-0.05, 0) is 44.4 Å². The molecule has 0 aromatic carbocycles. The third kappa shape index (κ3) is 3.39. The molecule has 0 bridgehead atoms.